The van der Waals surface area contributed by atoms with Crippen LogP contribution in [0.1, 0.15) is 66.2 Å². The van der Waals surface area contributed by atoms with E-state index in [9.17, 15) is 0 Å². The summed E-state index contributed by atoms with van der Waals surface area (Å²) in [5.41, 5.74) is 6.82. The van der Waals surface area contributed by atoms with Crippen LogP contribution < -0.4 is 5.73 Å². The Morgan fingerprint density at radius 3 is 2.56 bits per heavy atom. The van der Waals surface area contributed by atoms with Crippen LogP contribution in [0, 0.1) is 16.7 Å². The molecule has 2 bridgehead atoms. The minimum atomic E-state index is 0.362. The summed E-state index contributed by atoms with van der Waals surface area (Å²) >= 11 is 0. The highest BCUT2D eigenvalue weighted by Gasteiger charge is 2.61. The molecule has 2 nitrogen and oxygen atoms in total. The van der Waals surface area contributed by atoms with Crippen LogP contribution in [0.25, 0.3) is 0 Å². The lowest BCUT2D eigenvalue weighted by molar-refractivity contribution is -0.0477. The minimum absolute atomic E-state index is 0.362. The van der Waals surface area contributed by atoms with Gasteiger partial charge < -0.3 is 10.5 Å². The third-order valence-electron chi connectivity index (χ3n) is 6.28. The summed E-state index contributed by atoms with van der Waals surface area (Å²) in [5, 5.41) is 0. The SMILES string of the molecule is CCC(N)CCCOC1CC2CCC1(C)C2(C)C. The molecule has 2 aliphatic rings. The molecule has 2 rings (SSSR count). The molecule has 0 spiro atoms. The van der Waals surface area contributed by atoms with E-state index in [0.717, 1.165) is 31.8 Å². The number of nitrogens with two attached hydrogens (primary N) is 1. The summed E-state index contributed by atoms with van der Waals surface area (Å²) in [5.74, 6) is 0.880. The zero-order valence-electron chi connectivity index (χ0n) is 12.7. The van der Waals surface area contributed by atoms with E-state index in [4.69, 9.17) is 10.5 Å². The van der Waals surface area contributed by atoms with Gasteiger partial charge in [-0.1, -0.05) is 27.7 Å². The molecule has 2 N–H and O–H groups in total. The number of ether oxygens (including phenoxy) is 1. The summed E-state index contributed by atoms with van der Waals surface area (Å²) in [6.45, 7) is 10.4. The Morgan fingerprint density at radius 1 is 1.33 bits per heavy atom. The van der Waals surface area contributed by atoms with Gasteiger partial charge in [0.05, 0.1) is 6.10 Å². The molecule has 2 fully saturated rings. The van der Waals surface area contributed by atoms with Crippen molar-refractivity contribution in [2.75, 3.05) is 6.61 Å². The highest BCUT2D eigenvalue weighted by atomic mass is 16.5. The third kappa shape index (κ3) is 2.22. The molecule has 106 valence electrons. The average molecular weight is 253 g/mol. The summed E-state index contributed by atoms with van der Waals surface area (Å²) in [6.07, 6.45) is 7.83. The van der Waals surface area contributed by atoms with Gasteiger partial charge in [0.25, 0.3) is 0 Å². The Morgan fingerprint density at radius 2 is 2.06 bits per heavy atom. The zero-order chi connectivity index (χ0) is 13.4. The number of hydrogen-bond donors (Lipinski definition) is 1. The van der Waals surface area contributed by atoms with Crippen molar-refractivity contribution < 1.29 is 4.74 Å². The summed E-state index contributed by atoms with van der Waals surface area (Å²) < 4.78 is 6.21. The molecule has 0 aromatic rings. The van der Waals surface area contributed by atoms with Crippen LogP contribution >= 0.6 is 0 Å². The van der Waals surface area contributed by atoms with E-state index in [1.54, 1.807) is 0 Å². The molecule has 2 saturated carbocycles. The first-order valence-electron chi connectivity index (χ1n) is 7.79. The Balaban J connectivity index is 1.79. The van der Waals surface area contributed by atoms with Crippen LogP contribution in [-0.4, -0.2) is 18.8 Å². The standard InChI is InChI=1S/C16H31NO/c1-5-13(17)7-6-10-18-14-11-12-8-9-16(14,4)15(12,2)3/h12-14H,5-11,17H2,1-4H3. The molecule has 0 heterocycles. The van der Waals surface area contributed by atoms with Crippen molar-refractivity contribution in [2.24, 2.45) is 22.5 Å². The predicted molar refractivity (Wildman–Crippen MR) is 76.5 cm³/mol. The summed E-state index contributed by atoms with van der Waals surface area (Å²) in [6, 6.07) is 0.362. The summed E-state index contributed by atoms with van der Waals surface area (Å²) in [7, 11) is 0. The quantitative estimate of drug-likeness (QED) is 0.732. The molecule has 2 aliphatic carbocycles. The largest absolute Gasteiger partial charge is 0.378 e. The number of rotatable bonds is 6. The number of hydrogen-bond acceptors (Lipinski definition) is 2. The first-order chi connectivity index (χ1) is 8.41. The fourth-order valence-corrected chi connectivity index (χ4v) is 4.16. The minimum Gasteiger partial charge on any atom is -0.378 e. The molecule has 4 atom stereocenters. The first kappa shape index (κ1) is 14.3. The fraction of sp³-hybridized carbons (Fsp3) is 1.00. The maximum absolute atomic E-state index is 6.21. The first-order valence-corrected chi connectivity index (χ1v) is 7.79. The van der Waals surface area contributed by atoms with Gasteiger partial charge in [-0.15, -0.1) is 0 Å². The zero-order valence-corrected chi connectivity index (χ0v) is 12.7. The monoisotopic (exact) mass is 253 g/mol. The normalized spacial score (nSPS) is 39.2. The Kier molecular flexibility index (Phi) is 4.08. The van der Waals surface area contributed by atoms with Crippen molar-refractivity contribution in [1.29, 1.82) is 0 Å². The highest BCUT2D eigenvalue weighted by Crippen LogP contribution is 2.66. The topological polar surface area (TPSA) is 35.2 Å². The van der Waals surface area contributed by atoms with E-state index < -0.39 is 0 Å². The van der Waals surface area contributed by atoms with Crippen molar-refractivity contribution in [3.8, 4) is 0 Å². The van der Waals surface area contributed by atoms with Crippen molar-refractivity contribution in [3.05, 3.63) is 0 Å². The van der Waals surface area contributed by atoms with E-state index in [-0.39, 0.29) is 0 Å². The average Bonchev–Trinajstić information content (AvgIpc) is 2.67. The molecule has 0 amide bonds. The van der Waals surface area contributed by atoms with E-state index in [0.29, 0.717) is 23.0 Å². The van der Waals surface area contributed by atoms with Gasteiger partial charge in [-0.05, 0) is 55.3 Å². The van der Waals surface area contributed by atoms with Gasteiger partial charge >= 0.3 is 0 Å². The van der Waals surface area contributed by atoms with Gasteiger partial charge in [-0.2, -0.15) is 0 Å². The van der Waals surface area contributed by atoms with Gasteiger partial charge in [0.1, 0.15) is 0 Å². The lowest BCUT2D eigenvalue weighted by atomic mass is 9.70. The van der Waals surface area contributed by atoms with E-state index in [2.05, 4.69) is 27.7 Å². The molecule has 18 heavy (non-hydrogen) atoms. The van der Waals surface area contributed by atoms with Crippen molar-refractivity contribution in [3.63, 3.8) is 0 Å². The maximum atomic E-state index is 6.21. The molecule has 0 aromatic carbocycles. The van der Waals surface area contributed by atoms with E-state index in [1.165, 1.54) is 19.3 Å². The second-order valence-corrected chi connectivity index (χ2v) is 7.28. The van der Waals surface area contributed by atoms with Gasteiger partial charge in [-0.25, -0.2) is 0 Å². The Labute approximate surface area is 113 Å². The predicted octanol–water partition coefficient (Wildman–Crippen LogP) is 3.74. The van der Waals surface area contributed by atoms with Crippen molar-refractivity contribution in [2.45, 2.75) is 78.4 Å². The van der Waals surface area contributed by atoms with Crippen LogP contribution in [0.2, 0.25) is 0 Å². The third-order valence-corrected chi connectivity index (χ3v) is 6.28. The van der Waals surface area contributed by atoms with Gasteiger partial charge in [0, 0.05) is 12.6 Å². The molecule has 0 radical (unpaired) electrons. The molecular weight excluding hydrogens is 222 g/mol. The number of fused-ring (bicyclic) bond motifs is 2. The van der Waals surface area contributed by atoms with Crippen LogP contribution in [0.15, 0.2) is 0 Å². The highest BCUT2D eigenvalue weighted by molar-refractivity contribution is 5.11. The molecule has 4 unspecified atom stereocenters. The van der Waals surface area contributed by atoms with Crippen LogP contribution in [0.3, 0.4) is 0 Å². The maximum Gasteiger partial charge on any atom is 0.0636 e. The van der Waals surface area contributed by atoms with Crippen molar-refractivity contribution >= 4 is 0 Å². The van der Waals surface area contributed by atoms with Gasteiger partial charge in [0.2, 0.25) is 0 Å². The molecule has 0 saturated heterocycles. The lowest BCUT2D eigenvalue weighted by Crippen LogP contribution is -2.37. The van der Waals surface area contributed by atoms with Crippen LogP contribution in [0.5, 0.6) is 0 Å². The second kappa shape index (κ2) is 5.13. The van der Waals surface area contributed by atoms with Crippen LogP contribution in [-0.2, 0) is 4.74 Å². The fourth-order valence-electron chi connectivity index (χ4n) is 4.16. The van der Waals surface area contributed by atoms with Crippen LogP contribution in [0.4, 0.5) is 0 Å². The Bertz CT molecular complexity index is 289. The molecule has 0 aromatic heterocycles. The van der Waals surface area contributed by atoms with Crippen molar-refractivity contribution in [1.82, 2.24) is 0 Å². The molecule has 2 heteroatoms. The smallest absolute Gasteiger partial charge is 0.0636 e. The molecular formula is C16H31NO. The van der Waals surface area contributed by atoms with E-state index in [1.807, 2.05) is 0 Å². The van der Waals surface area contributed by atoms with Gasteiger partial charge in [0.15, 0.2) is 0 Å². The second-order valence-electron chi connectivity index (χ2n) is 7.28. The van der Waals surface area contributed by atoms with E-state index >= 15 is 0 Å². The molecule has 0 aliphatic heterocycles. The Hall–Kier alpha value is -0.0800. The van der Waals surface area contributed by atoms with Gasteiger partial charge in [-0.3, -0.25) is 0 Å². The summed E-state index contributed by atoms with van der Waals surface area (Å²) in [4.78, 5) is 0. The lowest BCUT2D eigenvalue weighted by Gasteiger charge is -2.39.